The summed E-state index contributed by atoms with van der Waals surface area (Å²) in [6, 6.07) is 22.9. The SMILES string of the molecule is COc1ccc(CNC(=O)[C@]2(Cc3ccc(Br)cc3)N=C(c3ccc(OCCCO)cc3)O[C@@H]2C)cc1. The molecular formula is C29H31BrN2O5. The summed E-state index contributed by atoms with van der Waals surface area (Å²) >= 11 is 3.48. The van der Waals surface area contributed by atoms with Crippen molar-refractivity contribution in [3.8, 4) is 11.5 Å². The molecule has 1 aliphatic rings. The molecule has 37 heavy (non-hydrogen) atoms. The minimum atomic E-state index is -1.13. The van der Waals surface area contributed by atoms with Gasteiger partial charge in [0.2, 0.25) is 5.90 Å². The fourth-order valence-corrected chi connectivity index (χ4v) is 4.40. The van der Waals surface area contributed by atoms with E-state index >= 15 is 0 Å². The number of nitrogens with zero attached hydrogens (tertiary/aromatic N) is 1. The lowest BCUT2D eigenvalue weighted by Gasteiger charge is -2.28. The van der Waals surface area contributed by atoms with Crippen LogP contribution < -0.4 is 14.8 Å². The molecule has 0 aromatic heterocycles. The Morgan fingerprint density at radius 3 is 2.32 bits per heavy atom. The first-order valence-corrected chi connectivity index (χ1v) is 13.0. The van der Waals surface area contributed by atoms with Crippen molar-refractivity contribution in [2.24, 2.45) is 4.99 Å². The van der Waals surface area contributed by atoms with E-state index < -0.39 is 11.6 Å². The third kappa shape index (κ3) is 6.50. The Kier molecular flexibility index (Phi) is 8.84. The Bertz CT molecular complexity index is 1210. The topological polar surface area (TPSA) is 89.4 Å². The summed E-state index contributed by atoms with van der Waals surface area (Å²) in [5.41, 5.74) is 1.57. The van der Waals surface area contributed by atoms with Crippen molar-refractivity contribution in [2.75, 3.05) is 20.3 Å². The number of carbonyl (C=O) groups is 1. The smallest absolute Gasteiger partial charge is 0.252 e. The zero-order chi connectivity index (χ0) is 26.3. The average molecular weight is 567 g/mol. The van der Waals surface area contributed by atoms with Gasteiger partial charge in [-0.05, 0) is 66.6 Å². The van der Waals surface area contributed by atoms with Crippen molar-refractivity contribution in [2.45, 2.75) is 38.0 Å². The quantitative estimate of drug-likeness (QED) is 0.329. The van der Waals surface area contributed by atoms with Gasteiger partial charge >= 0.3 is 0 Å². The highest BCUT2D eigenvalue weighted by atomic mass is 79.9. The van der Waals surface area contributed by atoms with Crippen LogP contribution in [-0.2, 0) is 22.5 Å². The van der Waals surface area contributed by atoms with Gasteiger partial charge in [0.1, 0.15) is 17.6 Å². The highest BCUT2D eigenvalue weighted by Gasteiger charge is 2.50. The van der Waals surface area contributed by atoms with Crippen LogP contribution in [0.25, 0.3) is 0 Å². The number of aliphatic imine (C=N–C) groups is 1. The van der Waals surface area contributed by atoms with Gasteiger partial charge in [-0.1, -0.05) is 40.2 Å². The summed E-state index contributed by atoms with van der Waals surface area (Å²) in [4.78, 5) is 18.7. The Labute approximate surface area is 225 Å². The van der Waals surface area contributed by atoms with E-state index in [1.165, 1.54) is 0 Å². The van der Waals surface area contributed by atoms with Crippen molar-refractivity contribution in [1.29, 1.82) is 0 Å². The van der Waals surface area contributed by atoms with Gasteiger partial charge < -0.3 is 24.6 Å². The molecule has 0 bridgehead atoms. The molecule has 0 spiro atoms. The largest absolute Gasteiger partial charge is 0.497 e. The molecule has 0 saturated carbocycles. The maximum Gasteiger partial charge on any atom is 0.252 e. The number of halogens is 1. The van der Waals surface area contributed by atoms with Crippen molar-refractivity contribution in [3.05, 3.63) is 94.0 Å². The predicted molar refractivity (Wildman–Crippen MR) is 146 cm³/mol. The third-order valence-corrected chi connectivity index (χ3v) is 6.86. The van der Waals surface area contributed by atoms with E-state index in [1.54, 1.807) is 7.11 Å². The zero-order valence-corrected chi connectivity index (χ0v) is 22.5. The van der Waals surface area contributed by atoms with Gasteiger partial charge in [0.25, 0.3) is 5.91 Å². The second-order valence-corrected chi connectivity index (χ2v) is 9.80. The number of benzene rings is 3. The zero-order valence-electron chi connectivity index (χ0n) is 20.9. The molecule has 3 aromatic rings. The summed E-state index contributed by atoms with van der Waals surface area (Å²) in [5, 5.41) is 12.0. The monoisotopic (exact) mass is 566 g/mol. The highest BCUT2D eigenvalue weighted by molar-refractivity contribution is 9.10. The van der Waals surface area contributed by atoms with Crippen molar-refractivity contribution >= 4 is 27.7 Å². The Morgan fingerprint density at radius 1 is 1.03 bits per heavy atom. The summed E-state index contributed by atoms with van der Waals surface area (Å²) < 4.78 is 18.0. The van der Waals surface area contributed by atoms with Crippen molar-refractivity contribution in [1.82, 2.24) is 5.32 Å². The number of aliphatic hydroxyl groups is 1. The standard InChI is InChI=1S/C29H31BrN2O5/c1-20-29(18-21-4-10-24(30)11-5-21,28(34)31-19-22-6-12-25(35-2)13-7-22)32-27(37-20)23-8-14-26(15-9-23)36-17-3-16-33/h4-15,20,33H,3,16-19H2,1-2H3,(H,31,34)/t20-,29-/m1/s1. The molecule has 1 heterocycles. The molecular weight excluding hydrogens is 536 g/mol. The number of rotatable bonds is 11. The van der Waals surface area contributed by atoms with Gasteiger partial charge in [-0.15, -0.1) is 0 Å². The van der Waals surface area contributed by atoms with Crippen LogP contribution in [0.3, 0.4) is 0 Å². The molecule has 194 valence electrons. The number of hydrogen-bond donors (Lipinski definition) is 2. The first-order chi connectivity index (χ1) is 17.9. The number of hydrogen-bond acceptors (Lipinski definition) is 6. The van der Waals surface area contributed by atoms with Gasteiger partial charge in [-0.2, -0.15) is 0 Å². The van der Waals surface area contributed by atoms with Crippen LogP contribution in [0.4, 0.5) is 0 Å². The third-order valence-electron chi connectivity index (χ3n) is 6.33. The number of nitrogens with one attached hydrogen (secondary N) is 1. The van der Waals surface area contributed by atoms with Crippen molar-refractivity contribution in [3.63, 3.8) is 0 Å². The average Bonchev–Trinajstić information content (AvgIpc) is 3.26. The molecule has 4 rings (SSSR count). The number of carbonyl (C=O) groups excluding carboxylic acids is 1. The van der Waals surface area contributed by atoms with E-state index in [-0.39, 0.29) is 12.5 Å². The molecule has 3 aromatic carbocycles. The molecule has 1 aliphatic heterocycles. The van der Waals surface area contributed by atoms with Gasteiger partial charge in [-0.3, -0.25) is 4.79 Å². The number of ether oxygens (including phenoxy) is 3. The highest BCUT2D eigenvalue weighted by Crippen LogP contribution is 2.33. The number of methoxy groups -OCH3 is 1. The molecule has 2 atom stereocenters. The second kappa shape index (κ2) is 12.3. The van der Waals surface area contributed by atoms with E-state index in [1.807, 2.05) is 79.7 Å². The van der Waals surface area contributed by atoms with E-state index in [4.69, 9.17) is 24.3 Å². The van der Waals surface area contributed by atoms with E-state index in [9.17, 15) is 4.79 Å². The van der Waals surface area contributed by atoms with Gasteiger partial charge in [0, 0.05) is 36.0 Å². The molecule has 8 heteroatoms. The van der Waals surface area contributed by atoms with Crippen LogP contribution in [0, 0.1) is 0 Å². The maximum atomic E-state index is 13.8. The molecule has 0 unspecified atom stereocenters. The normalized spacial score (nSPS) is 18.6. The summed E-state index contributed by atoms with van der Waals surface area (Å²) in [5.74, 6) is 1.68. The summed E-state index contributed by atoms with van der Waals surface area (Å²) in [7, 11) is 1.62. The molecule has 0 aliphatic carbocycles. The van der Waals surface area contributed by atoms with Gasteiger partial charge in [0.05, 0.1) is 13.7 Å². The lowest BCUT2D eigenvalue weighted by atomic mass is 9.86. The molecule has 0 fully saturated rings. The second-order valence-electron chi connectivity index (χ2n) is 8.89. The fraction of sp³-hybridized carbons (Fsp3) is 0.310. The predicted octanol–water partition coefficient (Wildman–Crippen LogP) is 4.68. The van der Waals surface area contributed by atoms with Crippen LogP contribution in [0.5, 0.6) is 11.5 Å². The summed E-state index contributed by atoms with van der Waals surface area (Å²) in [6.45, 7) is 2.77. The number of aliphatic hydroxyl groups excluding tert-OH is 1. The molecule has 2 N–H and O–H groups in total. The van der Waals surface area contributed by atoms with E-state index in [2.05, 4.69) is 21.2 Å². The van der Waals surface area contributed by atoms with E-state index in [0.717, 1.165) is 26.9 Å². The van der Waals surface area contributed by atoms with Crippen LogP contribution in [0.15, 0.2) is 82.3 Å². The van der Waals surface area contributed by atoms with Gasteiger partial charge in [0.15, 0.2) is 5.54 Å². The van der Waals surface area contributed by atoms with Crippen molar-refractivity contribution < 1.29 is 24.1 Å². The Morgan fingerprint density at radius 2 is 1.68 bits per heavy atom. The van der Waals surface area contributed by atoms with Crippen LogP contribution in [-0.4, -0.2) is 48.9 Å². The van der Waals surface area contributed by atoms with Crippen LogP contribution in [0.1, 0.15) is 30.0 Å². The minimum Gasteiger partial charge on any atom is -0.497 e. The van der Waals surface area contributed by atoms with Crippen LogP contribution >= 0.6 is 15.9 Å². The summed E-state index contributed by atoms with van der Waals surface area (Å²) in [6.07, 6.45) is 0.476. The van der Waals surface area contributed by atoms with E-state index in [0.29, 0.717) is 37.6 Å². The number of amides is 1. The van der Waals surface area contributed by atoms with Crippen LogP contribution in [0.2, 0.25) is 0 Å². The Balaban J connectivity index is 1.58. The van der Waals surface area contributed by atoms with Gasteiger partial charge in [-0.25, -0.2) is 4.99 Å². The minimum absolute atomic E-state index is 0.0849. The first kappa shape index (κ1) is 26.7. The maximum absolute atomic E-state index is 13.8. The molecule has 1 amide bonds. The molecule has 7 nitrogen and oxygen atoms in total. The molecule has 0 radical (unpaired) electrons. The fourth-order valence-electron chi connectivity index (χ4n) is 4.14. The lowest BCUT2D eigenvalue weighted by Crippen LogP contribution is -2.52. The first-order valence-electron chi connectivity index (χ1n) is 12.2. The molecule has 0 saturated heterocycles. The lowest BCUT2D eigenvalue weighted by molar-refractivity contribution is -0.128. The Hall–Kier alpha value is -3.36.